The molecule has 0 bridgehead atoms. The lowest BCUT2D eigenvalue weighted by atomic mass is 10.0. The number of hydrogen-bond donors (Lipinski definition) is 1. The number of aromatic nitrogens is 3. The minimum Gasteiger partial charge on any atom is -0.383 e. The number of halogens is 1. The van der Waals surface area contributed by atoms with E-state index in [1.54, 1.807) is 11.0 Å². The number of para-hydroxylation sites is 1. The summed E-state index contributed by atoms with van der Waals surface area (Å²) >= 11 is 6.29. The van der Waals surface area contributed by atoms with Gasteiger partial charge in [-0.25, -0.2) is 9.67 Å². The molecule has 0 amide bonds. The molecule has 1 atom stereocenters. The summed E-state index contributed by atoms with van der Waals surface area (Å²) in [6, 6.07) is 5.79. The highest BCUT2D eigenvalue weighted by Gasteiger charge is 2.15. The monoisotopic (exact) mass is 292 g/mol. The van der Waals surface area contributed by atoms with Crippen LogP contribution in [0.1, 0.15) is 12.8 Å². The molecule has 2 heterocycles. The van der Waals surface area contributed by atoms with Gasteiger partial charge in [-0.05, 0) is 30.9 Å². The van der Waals surface area contributed by atoms with Gasteiger partial charge in [0.25, 0.3) is 0 Å². The quantitative estimate of drug-likeness (QED) is 0.941. The molecule has 1 aliphatic rings. The summed E-state index contributed by atoms with van der Waals surface area (Å²) in [5, 5.41) is 8.27. The Labute approximate surface area is 122 Å². The highest BCUT2D eigenvalue weighted by molar-refractivity contribution is 6.33. The van der Waals surface area contributed by atoms with E-state index >= 15 is 0 Å². The third-order valence-corrected chi connectivity index (χ3v) is 3.78. The molecule has 1 aromatic carbocycles. The number of ether oxygens (including phenoxy) is 1. The molecule has 1 saturated heterocycles. The van der Waals surface area contributed by atoms with Gasteiger partial charge in [-0.3, -0.25) is 0 Å². The second-order valence-corrected chi connectivity index (χ2v) is 5.35. The lowest BCUT2D eigenvalue weighted by Gasteiger charge is -2.23. The molecule has 1 N–H and O–H groups in total. The van der Waals surface area contributed by atoms with Crippen LogP contribution in [0.3, 0.4) is 0 Å². The summed E-state index contributed by atoms with van der Waals surface area (Å²) in [6.45, 7) is 2.59. The fraction of sp³-hybridized carbons (Fsp3) is 0.429. The van der Waals surface area contributed by atoms with Crippen molar-refractivity contribution in [2.45, 2.75) is 12.8 Å². The van der Waals surface area contributed by atoms with Crippen LogP contribution in [-0.4, -0.2) is 34.5 Å². The van der Waals surface area contributed by atoms with Gasteiger partial charge in [0.05, 0.1) is 17.3 Å². The van der Waals surface area contributed by atoms with Crippen molar-refractivity contribution in [1.82, 2.24) is 14.8 Å². The van der Waals surface area contributed by atoms with Gasteiger partial charge in [-0.1, -0.05) is 17.7 Å². The summed E-state index contributed by atoms with van der Waals surface area (Å²) in [5.41, 5.74) is 1.80. The molecule has 3 rings (SSSR count). The van der Waals surface area contributed by atoms with E-state index in [9.17, 15) is 0 Å². The smallest absolute Gasteiger partial charge is 0.138 e. The van der Waals surface area contributed by atoms with E-state index in [0.29, 0.717) is 10.9 Å². The zero-order chi connectivity index (χ0) is 13.8. The number of nitrogens with one attached hydrogen (secondary N) is 1. The maximum atomic E-state index is 6.29. The summed E-state index contributed by atoms with van der Waals surface area (Å²) in [5.74, 6) is 0.548. The lowest BCUT2D eigenvalue weighted by molar-refractivity contribution is 0.0595. The van der Waals surface area contributed by atoms with Crippen LogP contribution in [0.2, 0.25) is 5.02 Å². The van der Waals surface area contributed by atoms with Crippen LogP contribution in [0.4, 0.5) is 5.69 Å². The topological polar surface area (TPSA) is 52.0 Å². The molecule has 1 aliphatic heterocycles. The number of benzene rings is 1. The van der Waals surface area contributed by atoms with Gasteiger partial charge in [0.15, 0.2) is 0 Å². The number of nitrogens with zero attached hydrogens (tertiary/aromatic N) is 3. The maximum absolute atomic E-state index is 6.29. The van der Waals surface area contributed by atoms with Crippen LogP contribution < -0.4 is 5.32 Å². The molecule has 1 unspecified atom stereocenters. The summed E-state index contributed by atoms with van der Waals surface area (Å²) < 4.78 is 7.19. The molecular formula is C14H17ClN4O. The molecule has 1 fully saturated rings. The second kappa shape index (κ2) is 6.24. The molecule has 20 heavy (non-hydrogen) atoms. The molecule has 6 heteroatoms. The van der Waals surface area contributed by atoms with Crippen LogP contribution in [0, 0.1) is 5.92 Å². The van der Waals surface area contributed by atoms with E-state index in [-0.39, 0.29) is 0 Å². The molecule has 0 aliphatic carbocycles. The van der Waals surface area contributed by atoms with Gasteiger partial charge in [-0.15, -0.1) is 0 Å². The minimum atomic E-state index is 0.548. The van der Waals surface area contributed by atoms with E-state index in [1.807, 2.05) is 18.2 Å². The van der Waals surface area contributed by atoms with Gasteiger partial charge >= 0.3 is 0 Å². The third-order valence-electron chi connectivity index (χ3n) is 3.47. The van der Waals surface area contributed by atoms with Crippen LogP contribution in [0.5, 0.6) is 0 Å². The number of hydrogen-bond acceptors (Lipinski definition) is 4. The highest BCUT2D eigenvalue weighted by Crippen LogP contribution is 2.28. The van der Waals surface area contributed by atoms with Crippen LogP contribution in [-0.2, 0) is 4.74 Å². The lowest BCUT2D eigenvalue weighted by Crippen LogP contribution is -2.24. The molecular weight excluding hydrogens is 276 g/mol. The Bertz CT molecular complexity index is 552. The molecule has 106 valence electrons. The first-order chi connectivity index (χ1) is 9.84. The Hall–Kier alpha value is -1.59. The predicted molar refractivity (Wildman–Crippen MR) is 78.4 cm³/mol. The van der Waals surface area contributed by atoms with E-state index in [0.717, 1.165) is 37.6 Å². The van der Waals surface area contributed by atoms with Gasteiger partial charge in [0.1, 0.15) is 18.3 Å². The van der Waals surface area contributed by atoms with Gasteiger partial charge < -0.3 is 10.1 Å². The summed E-state index contributed by atoms with van der Waals surface area (Å²) in [4.78, 5) is 3.98. The van der Waals surface area contributed by atoms with E-state index in [1.165, 1.54) is 12.7 Å². The minimum absolute atomic E-state index is 0.548. The van der Waals surface area contributed by atoms with Crippen molar-refractivity contribution in [2.24, 2.45) is 5.92 Å². The van der Waals surface area contributed by atoms with Gasteiger partial charge in [-0.2, -0.15) is 5.10 Å². The zero-order valence-electron chi connectivity index (χ0n) is 11.1. The van der Waals surface area contributed by atoms with E-state index < -0.39 is 0 Å². The normalized spacial score (nSPS) is 18.9. The first-order valence-corrected chi connectivity index (χ1v) is 7.17. The Morgan fingerprint density at radius 3 is 3.15 bits per heavy atom. The Morgan fingerprint density at radius 2 is 2.40 bits per heavy atom. The standard InChI is InChI=1S/C14H17ClN4O/c15-12-4-1-5-13(14(12)19-10-16-9-18-19)17-7-11-3-2-6-20-8-11/h1,4-5,9-11,17H,2-3,6-8H2. The van der Waals surface area contributed by atoms with Crippen molar-refractivity contribution in [3.05, 3.63) is 35.9 Å². The summed E-state index contributed by atoms with van der Waals surface area (Å²) in [7, 11) is 0. The van der Waals surface area contributed by atoms with Crippen molar-refractivity contribution in [2.75, 3.05) is 25.1 Å². The van der Waals surface area contributed by atoms with Crippen molar-refractivity contribution in [1.29, 1.82) is 0 Å². The average molecular weight is 293 g/mol. The van der Waals surface area contributed by atoms with Crippen molar-refractivity contribution in [3.63, 3.8) is 0 Å². The fourth-order valence-electron chi connectivity index (χ4n) is 2.44. The first kappa shape index (κ1) is 13.4. The maximum Gasteiger partial charge on any atom is 0.138 e. The first-order valence-electron chi connectivity index (χ1n) is 6.80. The number of rotatable bonds is 4. The van der Waals surface area contributed by atoms with Crippen LogP contribution >= 0.6 is 11.6 Å². The van der Waals surface area contributed by atoms with E-state index in [4.69, 9.17) is 16.3 Å². The predicted octanol–water partition coefficient (Wildman–Crippen LogP) is 2.76. The Morgan fingerprint density at radius 1 is 1.45 bits per heavy atom. The van der Waals surface area contributed by atoms with Gasteiger partial charge in [0.2, 0.25) is 0 Å². The molecule has 0 radical (unpaired) electrons. The number of anilines is 1. The van der Waals surface area contributed by atoms with Gasteiger partial charge in [0, 0.05) is 13.2 Å². The Kier molecular flexibility index (Phi) is 4.18. The molecule has 5 nitrogen and oxygen atoms in total. The fourth-order valence-corrected chi connectivity index (χ4v) is 2.70. The van der Waals surface area contributed by atoms with Crippen molar-refractivity contribution in [3.8, 4) is 5.69 Å². The highest BCUT2D eigenvalue weighted by atomic mass is 35.5. The third kappa shape index (κ3) is 2.94. The molecule has 0 saturated carbocycles. The van der Waals surface area contributed by atoms with Crippen LogP contribution in [0.25, 0.3) is 5.69 Å². The molecule has 2 aromatic rings. The molecule has 1 aromatic heterocycles. The van der Waals surface area contributed by atoms with Crippen LogP contribution in [0.15, 0.2) is 30.9 Å². The summed E-state index contributed by atoms with van der Waals surface area (Å²) in [6.07, 6.45) is 5.49. The zero-order valence-corrected chi connectivity index (χ0v) is 11.9. The Balaban J connectivity index is 1.77. The second-order valence-electron chi connectivity index (χ2n) is 4.94. The largest absolute Gasteiger partial charge is 0.383 e. The van der Waals surface area contributed by atoms with Crippen molar-refractivity contribution < 1.29 is 4.74 Å². The molecule has 0 spiro atoms. The SMILES string of the molecule is Clc1cccc(NCC2CCCOC2)c1-n1cncn1. The average Bonchev–Trinajstić information content (AvgIpc) is 3.00. The van der Waals surface area contributed by atoms with E-state index in [2.05, 4.69) is 15.4 Å². The van der Waals surface area contributed by atoms with Crippen molar-refractivity contribution >= 4 is 17.3 Å².